The van der Waals surface area contributed by atoms with Crippen LogP contribution in [0.1, 0.15) is 0 Å². The van der Waals surface area contributed by atoms with Crippen molar-refractivity contribution in [1.29, 1.82) is 0 Å². The molecular formula is C3H8Br2N2. The van der Waals surface area contributed by atoms with E-state index in [9.17, 15) is 0 Å². The summed E-state index contributed by atoms with van der Waals surface area (Å²) >= 11 is 6.49. The highest BCUT2D eigenvalue weighted by atomic mass is 79.9. The van der Waals surface area contributed by atoms with Gasteiger partial charge in [0.25, 0.3) is 0 Å². The molecule has 44 valence electrons. The van der Waals surface area contributed by atoms with Crippen molar-refractivity contribution in [3.63, 3.8) is 0 Å². The van der Waals surface area contributed by atoms with Gasteiger partial charge in [0.15, 0.2) is 0 Å². The number of alkyl halides is 2. The van der Waals surface area contributed by atoms with Crippen LogP contribution >= 0.6 is 31.9 Å². The molecule has 2 nitrogen and oxygen atoms in total. The van der Waals surface area contributed by atoms with Crippen LogP contribution in [-0.4, -0.2) is 16.3 Å². The fraction of sp³-hybridized carbons (Fsp3) is 1.00. The zero-order chi connectivity index (χ0) is 5.91. The molecule has 0 aliphatic rings. The summed E-state index contributed by atoms with van der Waals surface area (Å²) in [5.41, 5.74) is 10.5. The summed E-state index contributed by atoms with van der Waals surface area (Å²) in [5.74, 6) is 0. The maximum atomic E-state index is 5.24. The van der Waals surface area contributed by atoms with Crippen LogP contribution in [0.15, 0.2) is 0 Å². The smallest absolute Gasteiger partial charge is 0.105 e. The van der Waals surface area contributed by atoms with Crippen molar-refractivity contribution in [3.05, 3.63) is 0 Å². The molecule has 4 heteroatoms. The van der Waals surface area contributed by atoms with Crippen LogP contribution in [0.5, 0.6) is 0 Å². The van der Waals surface area contributed by atoms with E-state index in [4.69, 9.17) is 11.5 Å². The van der Waals surface area contributed by atoms with E-state index in [1.807, 2.05) is 0 Å². The first kappa shape index (κ1) is 7.88. The Bertz CT molecular complexity index is 48.9. The van der Waals surface area contributed by atoms with Gasteiger partial charge in [0.2, 0.25) is 0 Å². The van der Waals surface area contributed by atoms with Crippen LogP contribution in [0.2, 0.25) is 0 Å². The number of rotatable bonds is 2. The molecular weight excluding hydrogens is 224 g/mol. The van der Waals surface area contributed by atoms with Crippen molar-refractivity contribution in [2.24, 2.45) is 11.5 Å². The van der Waals surface area contributed by atoms with E-state index >= 15 is 0 Å². The zero-order valence-corrected chi connectivity index (χ0v) is 7.00. The third-order valence-corrected chi connectivity index (χ3v) is 1.89. The van der Waals surface area contributed by atoms with E-state index in [1.165, 1.54) is 0 Å². The molecule has 0 aromatic carbocycles. The van der Waals surface area contributed by atoms with Crippen LogP contribution in [-0.2, 0) is 0 Å². The molecule has 0 unspecified atom stereocenters. The Hall–Kier alpha value is 0.880. The van der Waals surface area contributed by atoms with Gasteiger partial charge < -0.3 is 11.5 Å². The summed E-state index contributed by atoms with van der Waals surface area (Å²) in [6.45, 7) is 1.01. The molecule has 0 saturated heterocycles. The Kier molecular flexibility index (Phi) is 3.40. The lowest BCUT2D eigenvalue weighted by atomic mass is 10.4. The normalized spacial score (nSPS) is 12.0. The van der Waals surface area contributed by atoms with Crippen LogP contribution in [0.4, 0.5) is 0 Å². The number of hydrogen-bond acceptors (Lipinski definition) is 2. The largest absolute Gasteiger partial charge is 0.328 e. The third-order valence-electron chi connectivity index (χ3n) is 0.597. The van der Waals surface area contributed by atoms with Gasteiger partial charge in [-0.15, -0.1) is 0 Å². The number of hydrogen-bond donors (Lipinski definition) is 2. The second-order valence-corrected chi connectivity index (χ2v) is 5.36. The molecule has 0 aromatic heterocycles. The first-order valence-electron chi connectivity index (χ1n) is 1.90. The van der Waals surface area contributed by atoms with E-state index in [2.05, 4.69) is 31.9 Å². The van der Waals surface area contributed by atoms with Gasteiger partial charge in [0.05, 0.1) is 0 Å². The van der Waals surface area contributed by atoms with Gasteiger partial charge in [-0.3, -0.25) is 0 Å². The Morgan fingerprint density at radius 2 is 1.43 bits per heavy atom. The molecule has 0 aromatic rings. The Balaban J connectivity index is 3.36. The Morgan fingerprint density at radius 1 is 1.14 bits per heavy atom. The molecule has 0 aliphatic heterocycles. The molecule has 0 heterocycles. The highest BCUT2D eigenvalue weighted by Gasteiger charge is 2.16. The molecule has 0 amide bonds. The topological polar surface area (TPSA) is 52.0 Å². The lowest BCUT2D eigenvalue weighted by molar-refractivity contribution is 0.838. The second kappa shape index (κ2) is 3.02. The average Bonchev–Trinajstić information content (AvgIpc) is 1.68. The molecule has 4 N–H and O–H groups in total. The monoisotopic (exact) mass is 230 g/mol. The molecule has 0 saturated carbocycles. The average molecular weight is 232 g/mol. The van der Waals surface area contributed by atoms with Crippen molar-refractivity contribution < 1.29 is 0 Å². The quantitative estimate of drug-likeness (QED) is 0.676. The molecule has 0 atom stereocenters. The maximum absolute atomic E-state index is 5.24. The molecule has 0 fully saturated rings. The minimum Gasteiger partial charge on any atom is -0.328 e. The number of halogens is 2. The molecule has 0 bridgehead atoms. The lowest BCUT2D eigenvalue weighted by Crippen LogP contribution is -2.32. The summed E-state index contributed by atoms with van der Waals surface area (Å²) in [4.78, 5) is 0. The van der Waals surface area contributed by atoms with Gasteiger partial charge in [0, 0.05) is 13.1 Å². The van der Waals surface area contributed by atoms with E-state index in [0.29, 0.717) is 13.1 Å². The van der Waals surface area contributed by atoms with Gasteiger partial charge in [-0.2, -0.15) is 0 Å². The number of nitrogens with two attached hydrogens (primary N) is 2. The zero-order valence-electron chi connectivity index (χ0n) is 3.82. The molecule has 0 spiro atoms. The standard InChI is InChI=1S/C3H8Br2N2/c4-3(5,1-6)2-7/h1-2,6-7H2. The van der Waals surface area contributed by atoms with E-state index < -0.39 is 0 Å². The van der Waals surface area contributed by atoms with E-state index in [-0.39, 0.29) is 3.23 Å². The Labute approximate surface area is 59.9 Å². The maximum Gasteiger partial charge on any atom is 0.105 e. The van der Waals surface area contributed by atoms with Crippen LogP contribution < -0.4 is 11.5 Å². The predicted octanol–water partition coefficient (Wildman–Crippen LogP) is 0.390. The van der Waals surface area contributed by atoms with Gasteiger partial charge in [-0.05, 0) is 0 Å². The molecule has 7 heavy (non-hydrogen) atoms. The third kappa shape index (κ3) is 3.46. The van der Waals surface area contributed by atoms with Crippen LogP contribution in [0.25, 0.3) is 0 Å². The Morgan fingerprint density at radius 3 is 1.43 bits per heavy atom. The first-order valence-corrected chi connectivity index (χ1v) is 3.49. The minimum atomic E-state index is -0.236. The van der Waals surface area contributed by atoms with Gasteiger partial charge in [-0.25, -0.2) is 0 Å². The van der Waals surface area contributed by atoms with Gasteiger partial charge in [0.1, 0.15) is 3.23 Å². The summed E-state index contributed by atoms with van der Waals surface area (Å²) in [5, 5.41) is 0. The molecule has 0 radical (unpaired) electrons. The fourth-order valence-electron chi connectivity index (χ4n) is 0.0833. The lowest BCUT2D eigenvalue weighted by Gasteiger charge is -2.13. The van der Waals surface area contributed by atoms with Gasteiger partial charge in [-0.1, -0.05) is 31.9 Å². The molecule has 0 aliphatic carbocycles. The van der Waals surface area contributed by atoms with Crippen LogP contribution in [0.3, 0.4) is 0 Å². The van der Waals surface area contributed by atoms with Gasteiger partial charge >= 0.3 is 0 Å². The fourth-order valence-corrected chi connectivity index (χ4v) is 0.0833. The second-order valence-electron chi connectivity index (χ2n) is 1.26. The highest BCUT2D eigenvalue weighted by molar-refractivity contribution is 9.25. The summed E-state index contributed by atoms with van der Waals surface area (Å²) in [7, 11) is 0. The summed E-state index contributed by atoms with van der Waals surface area (Å²) < 4.78 is -0.236. The van der Waals surface area contributed by atoms with Crippen molar-refractivity contribution in [3.8, 4) is 0 Å². The van der Waals surface area contributed by atoms with E-state index in [0.717, 1.165) is 0 Å². The summed E-state index contributed by atoms with van der Waals surface area (Å²) in [6, 6.07) is 0. The van der Waals surface area contributed by atoms with Crippen LogP contribution in [0, 0.1) is 0 Å². The van der Waals surface area contributed by atoms with Crippen molar-refractivity contribution in [2.45, 2.75) is 3.23 Å². The van der Waals surface area contributed by atoms with E-state index in [1.54, 1.807) is 0 Å². The summed E-state index contributed by atoms with van der Waals surface area (Å²) in [6.07, 6.45) is 0. The van der Waals surface area contributed by atoms with Crippen molar-refractivity contribution in [2.75, 3.05) is 13.1 Å². The first-order chi connectivity index (χ1) is 3.12. The van der Waals surface area contributed by atoms with Crippen molar-refractivity contribution >= 4 is 31.9 Å². The predicted molar refractivity (Wildman–Crippen MR) is 38.7 cm³/mol. The van der Waals surface area contributed by atoms with Crippen molar-refractivity contribution in [1.82, 2.24) is 0 Å². The SMILES string of the molecule is NCC(Br)(Br)CN. The minimum absolute atomic E-state index is 0.236. The highest BCUT2D eigenvalue weighted by Crippen LogP contribution is 2.21. The molecule has 0 rings (SSSR count).